The molecular weight excluding hydrogens is 468 g/mol. The van der Waals surface area contributed by atoms with Crippen LogP contribution in [-0.2, 0) is 0 Å². The van der Waals surface area contributed by atoms with Gasteiger partial charge in [0, 0.05) is 24.3 Å². The normalized spacial score (nSPS) is 27.9. The standard InChI is InChI=1S/C24H32N6O4S/c1-3-10-35-24-26-22(25-17-12-16(17)13-4-6-15(34-2)7-5-13)19-23(27-24)30(29-28-19)18-11-14(8-9-31)20(32)21(18)33/h4-7,14,16-18,20-21,31-33H,3,8-12H2,1-2H3,(H,25,26,27)/t14-,16?,17?,18+,20+,21-/m0/s1. The second kappa shape index (κ2) is 10.3. The number of anilines is 1. The zero-order valence-electron chi connectivity index (χ0n) is 19.9. The molecule has 11 heteroatoms. The van der Waals surface area contributed by atoms with Gasteiger partial charge in [-0.1, -0.05) is 36.0 Å². The summed E-state index contributed by atoms with van der Waals surface area (Å²) in [6.45, 7) is 2.07. The summed E-state index contributed by atoms with van der Waals surface area (Å²) >= 11 is 1.57. The van der Waals surface area contributed by atoms with Crippen molar-refractivity contribution in [3.05, 3.63) is 29.8 Å². The zero-order chi connectivity index (χ0) is 24.5. The van der Waals surface area contributed by atoms with E-state index in [1.54, 1.807) is 23.6 Å². The van der Waals surface area contributed by atoms with E-state index in [2.05, 4.69) is 34.7 Å². The summed E-state index contributed by atoms with van der Waals surface area (Å²) in [5, 5.41) is 43.4. The van der Waals surface area contributed by atoms with Gasteiger partial charge < -0.3 is 25.4 Å². The van der Waals surface area contributed by atoms with E-state index in [0.717, 1.165) is 24.3 Å². The lowest BCUT2D eigenvalue weighted by atomic mass is 10.0. The number of hydrogen-bond donors (Lipinski definition) is 4. The van der Waals surface area contributed by atoms with Crippen LogP contribution in [0.2, 0.25) is 0 Å². The Balaban J connectivity index is 1.42. The molecule has 0 aliphatic heterocycles. The van der Waals surface area contributed by atoms with E-state index < -0.39 is 18.2 Å². The van der Waals surface area contributed by atoms with Gasteiger partial charge in [-0.15, -0.1) is 5.10 Å². The molecule has 35 heavy (non-hydrogen) atoms. The molecule has 2 saturated carbocycles. The number of aliphatic hydroxyl groups is 3. The van der Waals surface area contributed by atoms with Crippen molar-refractivity contribution in [3.63, 3.8) is 0 Å². The molecule has 1 aromatic carbocycles. The van der Waals surface area contributed by atoms with Crippen LogP contribution in [0.5, 0.6) is 5.75 Å². The first-order chi connectivity index (χ1) is 17.0. The number of ether oxygens (including phenoxy) is 1. The number of benzene rings is 1. The summed E-state index contributed by atoms with van der Waals surface area (Å²) in [7, 11) is 1.66. The molecule has 6 atom stereocenters. The van der Waals surface area contributed by atoms with Crippen molar-refractivity contribution >= 4 is 28.7 Å². The molecule has 5 rings (SSSR count). The van der Waals surface area contributed by atoms with Gasteiger partial charge in [-0.25, -0.2) is 14.6 Å². The summed E-state index contributed by atoms with van der Waals surface area (Å²) in [4.78, 5) is 9.48. The molecule has 0 radical (unpaired) electrons. The monoisotopic (exact) mass is 500 g/mol. The lowest BCUT2D eigenvalue weighted by molar-refractivity contribution is 0.00107. The van der Waals surface area contributed by atoms with Gasteiger partial charge in [0.25, 0.3) is 0 Å². The van der Waals surface area contributed by atoms with Gasteiger partial charge in [-0.05, 0) is 49.3 Å². The van der Waals surface area contributed by atoms with E-state index in [4.69, 9.17) is 14.7 Å². The second-order valence-electron chi connectivity index (χ2n) is 9.33. The van der Waals surface area contributed by atoms with Crippen LogP contribution in [0.1, 0.15) is 50.1 Å². The average Bonchev–Trinajstić information content (AvgIpc) is 3.42. The molecule has 0 spiro atoms. The van der Waals surface area contributed by atoms with Gasteiger partial charge in [0.2, 0.25) is 0 Å². The minimum absolute atomic E-state index is 0.0376. The number of fused-ring (bicyclic) bond motifs is 1. The highest BCUT2D eigenvalue weighted by Gasteiger charge is 2.44. The van der Waals surface area contributed by atoms with E-state index in [1.165, 1.54) is 5.56 Å². The predicted molar refractivity (Wildman–Crippen MR) is 133 cm³/mol. The smallest absolute Gasteiger partial charge is 0.191 e. The van der Waals surface area contributed by atoms with Crippen molar-refractivity contribution in [2.24, 2.45) is 5.92 Å². The van der Waals surface area contributed by atoms with Gasteiger partial charge in [0.05, 0.1) is 19.3 Å². The first-order valence-electron chi connectivity index (χ1n) is 12.2. The fourth-order valence-corrected chi connectivity index (χ4v) is 5.63. The summed E-state index contributed by atoms with van der Waals surface area (Å²) in [5.74, 6) is 2.53. The van der Waals surface area contributed by atoms with Gasteiger partial charge in [-0.3, -0.25) is 0 Å². The van der Waals surface area contributed by atoms with Crippen molar-refractivity contribution in [2.75, 3.05) is 24.8 Å². The highest BCUT2D eigenvalue weighted by atomic mass is 32.2. The van der Waals surface area contributed by atoms with Crippen LogP contribution in [0.15, 0.2) is 29.4 Å². The number of thioether (sulfide) groups is 1. The van der Waals surface area contributed by atoms with Gasteiger partial charge in [0.1, 0.15) is 11.9 Å². The third-order valence-corrected chi connectivity index (χ3v) is 8.03. The Bertz CT molecular complexity index is 1160. The number of nitrogens with one attached hydrogen (secondary N) is 1. The first kappa shape index (κ1) is 24.2. The molecule has 0 bridgehead atoms. The van der Waals surface area contributed by atoms with E-state index in [9.17, 15) is 15.3 Å². The zero-order valence-corrected chi connectivity index (χ0v) is 20.7. The number of methoxy groups -OCH3 is 1. The van der Waals surface area contributed by atoms with Crippen molar-refractivity contribution in [3.8, 4) is 5.75 Å². The van der Waals surface area contributed by atoms with Crippen molar-refractivity contribution in [1.29, 1.82) is 0 Å². The van der Waals surface area contributed by atoms with Crippen LogP contribution in [-0.4, -0.2) is 78.0 Å². The lowest BCUT2D eigenvalue weighted by Gasteiger charge is -2.17. The molecule has 0 amide bonds. The maximum atomic E-state index is 10.7. The van der Waals surface area contributed by atoms with Crippen molar-refractivity contribution < 1.29 is 20.1 Å². The molecule has 10 nitrogen and oxygen atoms in total. The molecule has 2 aliphatic carbocycles. The van der Waals surface area contributed by atoms with Crippen LogP contribution >= 0.6 is 11.8 Å². The number of aliphatic hydroxyl groups excluding tert-OH is 3. The summed E-state index contributed by atoms with van der Waals surface area (Å²) in [5.41, 5.74) is 2.35. The Kier molecular flexibility index (Phi) is 7.10. The SMILES string of the molecule is CCCSc1nc(NC2CC2c2ccc(OC)cc2)c2nnn([C@@H]3C[C@H](CCO)[C@@H](O)[C@H]3O)c2n1. The van der Waals surface area contributed by atoms with E-state index in [1.807, 2.05) is 12.1 Å². The molecule has 188 valence electrons. The van der Waals surface area contributed by atoms with Crippen LogP contribution in [0, 0.1) is 5.92 Å². The molecule has 2 unspecified atom stereocenters. The minimum atomic E-state index is -1.00. The Morgan fingerprint density at radius 2 is 1.94 bits per heavy atom. The fraction of sp³-hybridized carbons (Fsp3) is 0.583. The summed E-state index contributed by atoms with van der Waals surface area (Å²) < 4.78 is 6.89. The summed E-state index contributed by atoms with van der Waals surface area (Å²) in [6.07, 6.45) is 0.974. The molecule has 4 N–H and O–H groups in total. The van der Waals surface area contributed by atoms with E-state index in [-0.39, 0.29) is 18.6 Å². The maximum Gasteiger partial charge on any atom is 0.191 e. The Hall–Kier alpha value is -2.47. The minimum Gasteiger partial charge on any atom is -0.497 e. The lowest BCUT2D eigenvalue weighted by Crippen LogP contribution is -2.30. The maximum absolute atomic E-state index is 10.7. The quantitative estimate of drug-likeness (QED) is 0.242. The largest absolute Gasteiger partial charge is 0.497 e. The molecular formula is C24H32N6O4S. The third kappa shape index (κ3) is 4.82. The van der Waals surface area contributed by atoms with Crippen LogP contribution in [0.3, 0.4) is 0 Å². The molecule has 2 aliphatic rings. The van der Waals surface area contributed by atoms with Crippen LogP contribution < -0.4 is 10.1 Å². The highest BCUT2D eigenvalue weighted by Crippen LogP contribution is 2.44. The molecule has 0 saturated heterocycles. The van der Waals surface area contributed by atoms with E-state index >= 15 is 0 Å². The molecule has 2 fully saturated rings. The number of rotatable bonds is 10. The molecule has 2 heterocycles. The highest BCUT2D eigenvalue weighted by molar-refractivity contribution is 7.99. The number of nitrogens with zero attached hydrogens (tertiary/aromatic N) is 5. The topological polar surface area (TPSA) is 138 Å². The Morgan fingerprint density at radius 1 is 1.14 bits per heavy atom. The molecule has 2 aromatic heterocycles. The Labute approximate surface area is 208 Å². The van der Waals surface area contributed by atoms with Crippen molar-refractivity contribution in [2.45, 2.75) is 68.0 Å². The van der Waals surface area contributed by atoms with E-state index in [0.29, 0.717) is 40.9 Å². The third-order valence-electron chi connectivity index (χ3n) is 6.98. The summed E-state index contributed by atoms with van der Waals surface area (Å²) in [6, 6.07) is 7.90. The first-order valence-corrected chi connectivity index (χ1v) is 13.2. The average molecular weight is 501 g/mol. The Morgan fingerprint density at radius 3 is 2.66 bits per heavy atom. The fourth-order valence-electron chi connectivity index (χ4n) is 4.94. The van der Waals surface area contributed by atoms with Gasteiger partial charge >= 0.3 is 0 Å². The molecule has 3 aromatic rings. The van der Waals surface area contributed by atoms with Crippen LogP contribution in [0.25, 0.3) is 11.2 Å². The second-order valence-corrected chi connectivity index (χ2v) is 10.4. The number of hydrogen-bond acceptors (Lipinski definition) is 10. The van der Waals surface area contributed by atoms with Crippen LogP contribution in [0.4, 0.5) is 5.82 Å². The predicted octanol–water partition coefficient (Wildman–Crippen LogP) is 2.37. The van der Waals surface area contributed by atoms with Crippen molar-refractivity contribution in [1.82, 2.24) is 25.0 Å². The number of aromatic nitrogens is 5. The van der Waals surface area contributed by atoms with Gasteiger partial charge in [0.15, 0.2) is 22.1 Å². The van der Waals surface area contributed by atoms with Gasteiger partial charge in [-0.2, -0.15) is 0 Å².